The third-order valence-corrected chi connectivity index (χ3v) is 11.3. The van der Waals surface area contributed by atoms with E-state index in [9.17, 15) is 9.59 Å². The minimum absolute atomic E-state index is 0.0156. The molecule has 4 nitrogen and oxygen atoms in total. The fourth-order valence-electron chi connectivity index (χ4n) is 8.66. The van der Waals surface area contributed by atoms with E-state index in [0.29, 0.717) is 34.3 Å². The van der Waals surface area contributed by atoms with Gasteiger partial charge in [0.05, 0.1) is 0 Å². The van der Waals surface area contributed by atoms with Gasteiger partial charge in [0.2, 0.25) is 0 Å². The van der Waals surface area contributed by atoms with Gasteiger partial charge in [-0.25, -0.2) is 4.79 Å². The van der Waals surface area contributed by atoms with E-state index in [0.717, 1.165) is 44.9 Å². The third kappa shape index (κ3) is 4.03. The van der Waals surface area contributed by atoms with Gasteiger partial charge in [0.1, 0.15) is 17.6 Å². The molecule has 0 saturated heterocycles. The van der Waals surface area contributed by atoms with Crippen LogP contribution in [0.25, 0.3) is 0 Å². The molecular formula is C30H41ClO4. The number of ketones is 1. The molecule has 4 fully saturated rings. The molecule has 4 aliphatic rings. The maximum atomic E-state index is 13.3. The number of carbonyl (C=O) groups excluding carboxylic acids is 2. The lowest BCUT2D eigenvalue weighted by atomic mass is 9.40. The third-order valence-electron chi connectivity index (χ3n) is 11.0. The lowest BCUT2D eigenvalue weighted by Crippen LogP contribution is -2.58. The topological polar surface area (TPSA) is 52.6 Å². The first-order valence-electron chi connectivity index (χ1n) is 13.6. The average molecular weight is 501 g/mol. The van der Waals surface area contributed by atoms with Crippen LogP contribution in [0.5, 0.6) is 5.75 Å². The molecule has 0 radical (unpaired) electrons. The van der Waals surface area contributed by atoms with Crippen molar-refractivity contribution in [2.24, 2.45) is 34.0 Å². The molecule has 0 aliphatic heterocycles. The second-order valence-corrected chi connectivity index (χ2v) is 13.6. The van der Waals surface area contributed by atoms with E-state index >= 15 is 0 Å². The van der Waals surface area contributed by atoms with E-state index in [1.807, 2.05) is 0 Å². The molecule has 4 saturated carbocycles. The van der Waals surface area contributed by atoms with E-state index < -0.39 is 5.60 Å². The minimum atomic E-state index is -1.08. The molecule has 192 valence electrons. The highest BCUT2D eigenvalue weighted by atomic mass is 35.5. The molecule has 0 spiro atoms. The predicted octanol–water partition coefficient (Wildman–Crippen LogP) is 7.41. The number of Topliss-reactive ketones (excluding diaryl/α,β-unsaturated/α-hetero) is 1. The van der Waals surface area contributed by atoms with Crippen molar-refractivity contribution in [2.75, 3.05) is 0 Å². The summed E-state index contributed by atoms with van der Waals surface area (Å²) in [5.41, 5.74) is -0.672. The average Bonchev–Trinajstić information content (AvgIpc) is 3.12. The van der Waals surface area contributed by atoms with E-state index in [2.05, 4.69) is 20.8 Å². The molecule has 7 atom stereocenters. The summed E-state index contributed by atoms with van der Waals surface area (Å²) < 4.78 is 12.3. The smallest absolute Gasteiger partial charge is 0.350 e. The number of hydrogen-bond acceptors (Lipinski definition) is 4. The number of esters is 1. The van der Waals surface area contributed by atoms with Gasteiger partial charge in [-0.05, 0) is 112 Å². The van der Waals surface area contributed by atoms with Crippen LogP contribution < -0.4 is 4.74 Å². The van der Waals surface area contributed by atoms with Gasteiger partial charge in [0, 0.05) is 23.3 Å². The van der Waals surface area contributed by atoms with Gasteiger partial charge in [0.25, 0.3) is 0 Å². The Morgan fingerprint density at radius 3 is 2.40 bits per heavy atom. The van der Waals surface area contributed by atoms with Gasteiger partial charge >= 0.3 is 5.97 Å². The fraction of sp³-hybridized carbons (Fsp3) is 0.733. The standard InChI is InChI=1S/C30H41ClO4/c1-27(2,35-21-8-6-19(31)7-9-21)26(33)34-25-11-10-23-22-13-15-28(3)18-20(32)12-17-30(28,5)24(22)14-16-29(23,25)4/h6-9,22-25H,10-18H2,1-5H3/t22-,23+,24+,25+,28-,29-,30+/m0/s1. The van der Waals surface area contributed by atoms with Crippen LogP contribution in [0.4, 0.5) is 0 Å². The van der Waals surface area contributed by atoms with Crippen molar-refractivity contribution in [3.8, 4) is 5.75 Å². The van der Waals surface area contributed by atoms with Crippen LogP contribution in [-0.4, -0.2) is 23.5 Å². The number of fused-ring (bicyclic) bond motifs is 5. The molecule has 0 aromatic heterocycles. The predicted molar refractivity (Wildman–Crippen MR) is 137 cm³/mol. The van der Waals surface area contributed by atoms with Gasteiger partial charge in [-0.3, -0.25) is 4.79 Å². The Morgan fingerprint density at radius 2 is 1.69 bits per heavy atom. The first kappa shape index (κ1) is 25.1. The minimum Gasteiger partial charge on any atom is -0.476 e. The van der Waals surface area contributed by atoms with Gasteiger partial charge in [-0.1, -0.05) is 32.4 Å². The summed E-state index contributed by atoms with van der Waals surface area (Å²) >= 11 is 5.99. The van der Waals surface area contributed by atoms with E-state index in [4.69, 9.17) is 21.1 Å². The second-order valence-electron chi connectivity index (χ2n) is 13.2. The van der Waals surface area contributed by atoms with E-state index in [1.54, 1.807) is 38.1 Å². The quantitative estimate of drug-likeness (QED) is 0.404. The molecule has 5 rings (SSSR count). The van der Waals surface area contributed by atoms with Crippen molar-refractivity contribution in [2.45, 2.75) is 104 Å². The van der Waals surface area contributed by atoms with E-state index in [1.165, 1.54) is 12.8 Å². The van der Waals surface area contributed by atoms with Crippen molar-refractivity contribution in [3.63, 3.8) is 0 Å². The molecule has 4 aliphatic carbocycles. The largest absolute Gasteiger partial charge is 0.476 e. The highest BCUT2D eigenvalue weighted by Gasteiger charge is 2.64. The van der Waals surface area contributed by atoms with Gasteiger partial charge in [-0.2, -0.15) is 0 Å². The molecule has 1 aromatic rings. The zero-order chi connectivity index (χ0) is 25.2. The number of halogens is 1. The van der Waals surface area contributed by atoms with Crippen LogP contribution in [-0.2, 0) is 14.3 Å². The number of ether oxygens (including phenoxy) is 2. The van der Waals surface area contributed by atoms with Gasteiger partial charge in [0.15, 0.2) is 5.60 Å². The molecule has 1 aromatic carbocycles. The summed E-state index contributed by atoms with van der Waals surface area (Å²) in [7, 11) is 0. The summed E-state index contributed by atoms with van der Waals surface area (Å²) in [5.74, 6) is 2.69. The van der Waals surface area contributed by atoms with Crippen LogP contribution in [0.15, 0.2) is 24.3 Å². The van der Waals surface area contributed by atoms with E-state index in [-0.39, 0.29) is 28.3 Å². The lowest BCUT2D eigenvalue weighted by molar-refractivity contribution is -0.183. The summed E-state index contributed by atoms with van der Waals surface area (Å²) in [6, 6.07) is 7.08. The second kappa shape index (κ2) is 8.50. The van der Waals surface area contributed by atoms with Crippen LogP contribution >= 0.6 is 11.6 Å². The molecule has 0 amide bonds. The molecule has 0 N–H and O–H groups in total. The number of benzene rings is 1. The Hall–Kier alpha value is -1.55. The highest BCUT2D eigenvalue weighted by molar-refractivity contribution is 6.30. The zero-order valence-corrected chi connectivity index (χ0v) is 22.7. The van der Waals surface area contributed by atoms with Crippen molar-refractivity contribution < 1.29 is 19.1 Å². The van der Waals surface area contributed by atoms with Crippen LogP contribution in [0, 0.1) is 34.0 Å². The Morgan fingerprint density at radius 1 is 0.971 bits per heavy atom. The zero-order valence-electron chi connectivity index (χ0n) is 22.0. The Labute approximate surface area is 215 Å². The lowest BCUT2D eigenvalue weighted by Gasteiger charge is -2.64. The van der Waals surface area contributed by atoms with Crippen molar-refractivity contribution >= 4 is 23.4 Å². The number of carbonyl (C=O) groups is 2. The summed E-state index contributed by atoms with van der Waals surface area (Å²) in [5, 5.41) is 0.634. The van der Waals surface area contributed by atoms with Crippen molar-refractivity contribution in [1.82, 2.24) is 0 Å². The van der Waals surface area contributed by atoms with Crippen LogP contribution in [0.2, 0.25) is 5.02 Å². The highest BCUT2D eigenvalue weighted by Crippen LogP contribution is 2.69. The van der Waals surface area contributed by atoms with Gasteiger partial charge < -0.3 is 9.47 Å². The Bertz CT molecular complexity index is 1000. The molecule has 0 unspecified atom stereocenters. The summed E-state index contributed by atoms with van der Waals surface area (Å²) in [4.78, 5) is 25.6. The molecular weight excluding hydrogens is 460 g/mol. The Balaban J connectivity index is 1.30. The van der Waals surface area contributed by atoms with Crippen LogP contribution in [0.3, 0.4) is 0 Å². The van der Waals surface area contributed by atoms with Gasteiger partial charge in [-0.15, -0.1) is 0 Å². The Kier molecular flexibility index (Phi) is 6.10. The maximum Gasteiger partial charge on any atom is 0.350 e. The summed E-state index contributed by atoms with van der Waals surface area (Å²) in [6.07, 6.45) is 9.17. The summed E-state index contributed by atoms with van der Waals surface area (Å²) in [6.45, 7) is 10.8. The van der Waals surface area contributed by atoms with Crippen molar-refractivity contribution in [3.05, 3.63) is 29.3 Å². The van der Waals surface area contributed by atoms with Crippen LogP contribution in [0.1, 0.15) is 92.4 Å². The normalized spacial score (nSPS) is 40.9. The monoisotopic (exact) mass is 500 g/mol. The number of hydrogen-bond donors (Lipinski definition) is 0. The first-order valence-corrected chi connectivity index (χ1v) is 13.9. The van der Waals surface area contributed by atoms with Crippen molar-refractivity contribution in [1.29, 1.82) is 0 Å². The molecule has 0 heterocycles. The molecule has 0 bridgehead atoms. The SMILES string of the molecule is CC(C)(Oc1ccc(Cl)cc1)C(=O)O[C@@H]1CC[C@@H]2[C@@H]3CC[C@@]4(C)CC(=O)CC[C@]4(C)[C@@H]3CC[C@@]21C. The maximum absolute atomic E-state index is 13.3. The first-order chi connectivity index (χ1) is 16.4. The number of rotatable bonds is 4. The fourth-order valence-corrected chi connectivity index (χ4v) is 8.78. The molecule has 35 heavy (non-hydrogen) atoms. The molecule has 5 heteroatoms.